The molecule has 0 bridgehead atoms. The van der Waals surface area contributed by atoms with Crippen LogP contribution < -0.4 is 14.5 Å². The molecule has 2 aromatic heterocycles. The largest absolute Gasteiger partial charge is 0.488 e. The smallest absolute Gasteiger partial charge is 0.304 e. The van der Waals surface area contributed by atoms with Crippen LogP contribution in [0, 0.1) is 17.7 Å². The van der Waals surface area contributed by atoms with Gasteiger partial charge in [-0.25, -0.2) is 14.4 Å². The highest BCUT2D eigenvalue weighted by atomic mass is 32.1. The Morgan fingerprint density at radius 3 is 2.75 bits per heavy atom. The van der Waals surface area contributed by atoms with E-state index in [1.807, 2.05) is 23.4 Å². The molecule has 0 unspecified atom stereocenters. The molecule has 1 aromatic carbocycles. The molecule has 40 heavy (non-hydrogen) atoms. The van der Waals surface area contributed by atoms with E-state index in [2.05, 4.69) is 4.98 Å². The first kappa shape index (κ1) is 26.7. The molecule has 3 heterocycles. The number of fused-ring (bicyclic) bond motifs is 1. The maximum absolute atomic E-state index is 14.5. The van der Waals surface area contributed by atoms with Crippen molar-refractivity contribution >= 4 is 34.2 Å². The molecule has 1 aliphatic heterocycles. The lowest BCUT2D eigenvalue weighted by Crippen LogP contribution is -2.39. The topological polar surface area (TPSA) is 95.9 Å². The Bertz CT molecular complexity index is 1420. The lowest BCUT2D eigenvalue weighted by Gasteiger charge is -2.26. The fourth-order valence-corrected chi connectivity index (χ4v) is 6.85. The molecule has 8 nitrogen and oxygen atoms in total. The van der Waals surface area contributed by atoms with E-state index in [0.717, 1.165) is 62.0 Å². The van der Waals surface area contributed by atoms with Gasteiger partial charge in [-0.3, -0.25) is 14.5 Å². The van der Waals surface area contributed by atoms with Crippen molar-refractivity contribution in [2.45, 2.75) is 57.4 Å². The van der Waals surface area contributed by atoms with Crippen LogP contribution in [0.1, 0.15) is 51.4 Å². The summed E-state index contributed by atoms with van der Waals surface area (Å²) in [4.78, 5) is 38.7. The molecule has 3 aliphatic rings. The second-order valence-corrected chi connectivity index (χ2v) is 12.0. The minimum Gasteiger partial charge on any atom is -0.488 e. The van der Waals surface area contributed by atoms with E-state index in [4.69, 9.17) is 9.72 Å². The SMILES string of the molecule is CN1CCOc2cc(-c3ccc(F)cc3-c3csc(N(C(=O)[C@@H](CC(=O)O)CC4CCCC4)C4CC4)n3)cnc21. The normalized spacial score (nSPS) is 17.8. The van der Waals surface area contributed by atoms with E-state index in [9.17, 15) is 19.1 Å². The number of aromatic nitrogens is 2. The summed E-state index contributed by atoms with van der Waals surface area (Å²) in [5, 5.41) is 12.0. The lowest BCUT2D eigenvalue weighted by atomic mass is 9.90. The highest BCUT2D eigenvalue weighted by Crippen LogP contribution is 2.42. The summed E-state index contributed by atoms with van der Waals surface area (Å²) >= 11 is 1.34. The molecular weight excluding hydrogens is 531 g/mol. The van der Waals surface area contributed by atoms with Gasteiger partial charge in [-0.15, -0.1) is 11.3 Å². The Morgan fingerprint density at radius 2 is 2.00 bits per heavy atom. The third kappa shape index (κ3) is 5.54. The highest BCUT2D eigenvalue weighted by molar-refractivity contribution is 7.14. The van der Waals surface area contributed by atoms with Gasteiger partial charge in [0.1, 0.15) is 12.4 Å². The number of halogens is 1. The molecule has 0 saturated heterocycles. The van der Waals surface area contributed by atoms with Gasteiger partial charge in [0.2, 0.25) is 5.91 Å². The number of carbonyl (C=O) groups is 2. The number of hydrogen-bond donors (Lipinski definition) is 1. The predicted molar refractivity (Wildman–Crippen MR) is 152 cm³/mol. The van der Waals surface area contributed by atoms with Crippen LogP contribution in [0.5, 0.6) is 5.75 Å². The van der Waals surface area contributed by atoms with E-state index in [1.54, 1.807) is 17.2 Å². The molecule has 3 aromatic rings. The van der Waals surface area contributed by atoms with Gasteiger partial charge in [-0.2, -0.15) is 0 Å². The van der Waals surface area contributed by atoms with Gasteiger partial charge >= 0.3 is 5.97 Å². The average molecular weight is 565 g/mol. The number of likely N-dealkylation sites (N-methyl/N-ethyl adjacent to an activating group) is 1. The number of benzene rings is 1. The van der Waals surface area contributed by atoms with Crippen LogP contribution >= 0.6 is 11.3 Å². The molecule has 1 amide bonds. The summed E-state index contributed by atoms with van der Waals surface area (Å²) in [6, 6.07) is 6.53. The summed E-state index contributed by atoms with van der Waals surface area (Å²) in [7, 11) is 1.97. The van der Waals surface area contributed by atoms with Crippen molar-refractivity contribution in [2.24, 2.45) is 11.8 Å². The van der Waals surface area contributed by atoms with Crippen LogP contribution in [0.3, 0.4) is 0 Å². The fourth-order valence-electron chi connectivity index (χ4n) is 5.95. The lowest BCUT2D eigenvalue weighted by molar-refractivity contribution is -0.141. The number of anilines is 2. The number of aliphatic carboxylic acids is 1. The van der Waals surface area contributed by atoms with Gasteiger partial charge in [-0.05, 0) is 48.9 Å². The van der Waals surface area contributed by atoms with Gasteiger partial charge in [0.15, 0.2) is 16.7 Å². The second-order valence-electron chi connectivity index (χ2n) is 11.1. The Morgan fingerprint density at radius 1 is 1.20 bits per heavy atom. The molecule has 0 radical (unpaired) electrons. The zero-order valence-electron chi connectivity index (χ0n) is 22.5. The molecule has 1 atom stereocenters. The number of carboxylic acids is 1. The van der Waals surface area contributed by atoms with Gasteiger partial charge in [0, 0.05) is 41.7 Å². The zero-order chi connectivity index (χ0) is 27.8. The monoisotopic (exact) mass is 564 g/mol. The van der Waals surface area contributed by atoms with Crippen LogP contribution in [-0.4, -0.2) is 53.2 Å². The van der Waals surface area contributed by atoms with Gasteiger partial charge in [0.25, 0.3) is 0 Å². The number of amides is 1. The van der Waals surface area contributed by atoms with Crippen LogP contribution in [0.25, 0.3) is 22.4 Å². The number of ether oxygens (including phenoxy) is 1. The molecule has 210 valence electrons. The third-order valence-corrected chi connectivity index (χ3v) is 9.00. The van der Waals surface area contributed by atoms with E-state index < -0.39 is 11.9 Å². The number of nitrogens with zero attached hydrogens (tertiary/aromatic N) is 4. The van der Waals surface area contributed by atoms with Crippen molar-refractivity contribution in [3.05, 3.63) is 41.7 Å². The van der Waals surface area contributed by atoms with Crippen molar-refractivity contribution in [2.75, 3.05) is 30.0 Å². The van der Waals surface area contributed by atoms with Crippen LogP contribution in [-0.2, 0) is 9.59 Å². The van der Waals surface area contributed by atoms with E-state index in [-0.39, 0.29) is 24.2 Å². The van der Waals surface area contributed by atoms with Crippen molar-refractivity contribution in [3.63, 3.8) is 0 Å². The average Bonchev–Trinajstić information content (AvgIpc) is 3.40. The minimum atomic E-state index is -0.954. The molecule has 2 aliphatic carbocycles. The van der Waals surface area contributed by atoms with Gasteiger partial charge in [-0.1, -0.05) is 31.7 Å². The van der Waals surface area contributed by atoms with E-state index in [1.165, 1.54) is 23.5 Å². The van der Waals surface area contributed by atoms with E-state index in [0.29, 0.717) is 41.1 Å². The summed E-state index contributed by atoms with van der Waals surface area (Å²) in [5.41, 5.74) is 2.71. The van der Waals surface area contributed by atoms with Crippen LogP contribution in [0.15, 0.2) is 35.8 Å². The van der Waals surface area contributed by atoms with E-state index >= 15 is 0 Å². The maximum atomic E-state index is 14.5. The van der Waals surface area contributed by atoms with Crippen LogP contribution in [0.2, 0.25) is 0 Å². The quantitative estimate of drug-likeness (QED) is 0.340. The second kappa shape index (κ2) is 11.2. The van der Waals surface area contributed by atoms with Crippen molar-refractivity contribution < 1.29 is 23.8 Å². The third-order valence-electron chi connectivity index (χ3n) is 8.16. The Labute approximate surface area is 236 Å². The molecular formula is C30H33FN4O4S. The first-order valence-electron chi connectivity index (χ1n) is 14.0. The van der Waals surface area contributed by atoms with Crippen molar-refractivity contribution in [1.29, 1.82) is 0 Å². The highest BCUT2D eigenvalue weighted by Gasteiger charge is 2.40. The summed E-state index contributed by atoms with van der Waals surface area (Å²) < 4.78 is 20.4. The fraction of sp³-hybridized carbons (Fsp3) is 0.467. The summed E-state index contributed by atoms with van der Waals surface area (Å²) in [6.45, 7) is 1.32. The maximum Gasteiger partial charge on any atom is 0.304 e. The number of rotatable bonds is 9. The zero-order valence-corrected chi connectivity index (χ0v) is 23.3. The summed E-state index contributed by atoms with van der Waals surface area (Å²) in [5.74, 6) is -0.228. The number of pyridine rings is 1. The first-order valence-corrected chi connectivity index (χ1v) is 14.9. The molecule has 2 saturated carbocycles. The predicted octanol–water partition coefficient (Wildman–Crippen LogP) is 6.01. The van der Waals surface area contributed by atoms with Crippen molar-refractivity contribution in [1.82, 2.24) is 9.97 Å². The number of thiazole rings is 1. The van der Waals surface area contributed by atoms with Crippen LogP contribution in [0.4, 0.5) is 15.3 Å². The minimum absolute atomic E-state index is 0.0253. The standard InChI is InChI=1S/C30H33FN4O4S/c1-34-10-11-39-26-13-20(16-32-28(26)34)23-9-6-21(31)15-24(23)25-17-40-30(33-25)35(22-7-8-22)29(38)19(14-27(36)37)12-18-4-2-3-5-18/h6,9,13,15-19,22H,2-5,7-8,10-12,14H2,1H3,(H,36,37)/t19-/m1/s1. The Kier molecular flexibility index (Phi) is 7.44. The Balaban J connectivity index is 1.32. The molecule has 2 fully saturated rings. The van der Waals surface area contributed by atoms with Gasteiger partial charge in [0.05, 0.1) is 18.7 Å². The molecule has 10 heteroatoms. The Hall–Kier alpha value is -3.53. The molecule has 0 spiro atoms. The summed E-state index contributed by atoms with van der Waals surface area (Å²) in [6.07, 6.45) is 8.29. The first-order chi connectivity index (χ1) is 19.4. The number of carbonyl (C=O) groups excluding carboxylic acids is 1. The van der Waals surface area contributed by atoms with Crippen molar-refractivity contribution in [3.8, 4) is 28.1 Å². The molecule has 1 N–H and O–H groups in total. The number of hydrogen-bond acceptors (Lipinski definition) is 7. The van der Waals surface area contributed by atoms with Gasteiger partial charge < -0.3 is 14.7 Å². The number of carboxylic acid groups (broad SMARTS) is 1. The molecule has 6 rings (SSSR count).